The second-order valence-electron chi connectivity index (χ2n) is 21.2. The highest BCUT2D eigenvalue weighted by molar-refractivity contribution is 6.01. The largest absolute Gasteiger partial charge is 0.308 e. The van der Waals surface area contributed by atoms with Gasteiger partial charge in [-0.25, -0.2) is 0 Å². The van der Waals surface area contributed by atoms with Gasteiger partial charge in [-0.2, -0.15) is 0 Å². The molecule has 4 nitrogen and oxygen atoms in total. The monoisotopic (exact) mass is 915 g/mol. The SMILES string of the molecule is CC(C)(C)c1ccc(N(c2ccc(C(C)(C)C)cc2N(c2ccccc2)c2ccccc2)c2ccc(C(C)(C)C)cc2N(c2ccccc2)c2ccccc2)c(N(c2ccccc2)c2ccccc2)c1. The number of hydrogen-bond acceptors (Lipinski definition) is 4. The van der Waals surface area contributed by atoms with Crippen LogP contribution < -0.4 is 19.6 Å². The molecule has 4 heteroatoms. The third-order valence-corrected chi connectivity index (χ3v) is 13.1. The summed E-state index contributed by atoms with van der Waals surface area (Å²) in [5.74, 6) is 0. The highest BCUT2D eigenvalue weighted by atomic mass is 15.3. The van der Waals surface area contributed by atoms with Gasteiger partial charge in [-0.1, -0.05) is 190 Å². The molecule has 0 heterocycles. The molecule has 0 aromatic heterocycles. The van der Waals surface area contributed by atoms with Crippen LogP contribution in [0, 0.1) is 0 Å². The van der Waals surface area contributed by atoms with Gasteiger partial charge < -0.3 is 19.6 Å². The highest BCUT2D eigenvalue weighted by Gasteiger charge is 2.32. The normalized spacial score (nSPS) is 11.8. The molecule has 0 aliphatic rings. The molecular formula is C66H66N4. The lowest BCUT2D eigenvalue weighted by atomic mass is 9.85. The molecule has 0 aliphatic carbocycles. The molecule has 0 saturated carbocycles. The number of anilines is 12. The number of benzene rings is 9. The zero-order valence-electron chi connectivity index (χ0n) is 42.3. The molecule has 0 aliphatic heterocycles. The maximum Gasteiger partial charge on any atom is 0.0705 e. The molecule has 0 radical (unpaired) electrons. The van der Waals surface area contributed by atoms with Gasteiger partial charge in [-0.15, -0.1) is 0 Å². The zero-order chi connectivity index (χ0) is 49.0. The van der Waals surface area contributed by atoms with Crippen LogP contribution in [0.15, 0.2) is 237 Å². The Balaban J connectivity index is 1.48. The molecular weight excluding hydrogens is 849 g/mol. The molecule has 0 unspecified atom stereocenters. The molecule has 0 atom stereocenters. The maximum atomic E-state index is 2.54. The summed E-state index contributed by atoms with van der Waals surface area (Å²) in [7, 11) is 0. The van der Waals surface area contributed by atoms with Crippen LogP contribution >= 0.6 is 0 Å². The van der Waals surface area contributed by atoms with E-state index in [2.05, 4.69) is 319 Å². The Labute approximate surface area is 417 Å². The average Bonchev–Trinajstić information content (AvgIpc) is 3.36. The Morgan fingerprint density at radius 1 is 0.200 bits per heavy atom. The molecule has 0 bridgehead atoms. The average molecular weight is 915 g/mol. The number of nitrogens with zero attached hydrogens (tertiary/aromatic N) is 4. The first kappa shape index (κ1) is 47.3. The predicted octanol–water partition coefficient (Wildman–Crippen LogP) is 19.5. The molecule has 0 N–H and O–H groups in total. The van der Waals surface area contributed by atoms with E-state index in [1.165, 1.54) is 16.7 Å². The smallest absolute Gasteiger partial charge is 0.0705 e. The highest BCUT2D eigenvalue weighted by Crippen LogP contribution is 2.55. The van der Waals surface area contributed by atoms with E-state index in [0.29, 0.717) is 0 Å². The number of hydrogen-bond donors (Lipinski definition) is 0. The molecule has 0 saturated heterocycles. The number of rotatable bonds is 12. The second-order valence-corrected chi connectivity index (χ2v) is 21.2. The zero-order valence-corrected chi connectivity index (χ0v) is 42.3. The van der Waals surface area contributed by atoms with E-state index in [0.717, 1.165) is 68.2 Å². The van der Waals surface area contributed by atoms with Crippen LogP contribution in [0.1, 0.15) is 79.0 Å². The fourth-order valence-electron chi connectivity index (χ4n) is 9.21. The maximum absolute atomic E-state index is 2.54. The summed E-state index contributed by atoms with van der Waals surface area (Å²) in [6.45, 7) is 20.8. The quantitative estimate of drug-likeness (QED) is 0.121. The van der Waals surface area contributed by atoms with Crippen LogP contribution in [-0.2, 0) is 16.2 Å². The van der Waals surface area contributed by atoms with Gasteiger partial charge in [-0.05, 0) is 142 Å². The van der Waals surface area contributed by atoms with Crippen LogP contribution in [-0.4, -0.2) is 0 Å². The van der Waals surface area contributed by atoms with Crippen molar-refractivity contribution in [2.75, 3.05) is 19.6 Å². The summed E-state index contributed by atoms with van der Waals surface area (Å²) in [6.07, 6.45) is 0. The minimum atomic E-state index is -0.148. The summed E-state index contributed by atoms with van der Waals surface area (Å²) in [4.78, 5) is 9.84. The van der Waals surface area contributed by atoms with Crippen molar-refractivity contribution in [2.45, 2.75) is 78.6 Å². The lowest BCUT2D eigenvalue weighted by Crippen LogP contribution is -2.24. The van der Waals surface area contributed by atoms with E-state index in [1.54, 1.807) is 0 Å². The van der Waals surface area contributed by atoms with Gasteiger partial charge >= 0.3 is 0 Å². The lowest BCUT2D eigenvalue weighted by Gasteiger charge is -2.39. The Morgan fingerprint density at radius 2 is 0.386 bits per heavy atom. The molecule has 0 amide bonds. The third kappa shape index (κ3) is 10.00. The minimum Gasteiger partial charge on any atom is -0.308 e. The Morgan fingerprint density at radius 3 is 0.557 bits per heavy atom. The van der Waals surface area contributed by atoms with E-state index in [4.69, 9.17) is 0 Å². The van der Waals surface area contributed by atoms with E-state index < -0.39 is 0 Å². The first-order valence-electron chi connectivity index (χ1n) is 24.6. The van der Waals surface area contributed by atoms with Crippen LogP contribution in [0.2, 0.25) is 0 Å². The Kier molecular flexibility index (Phi) is 13.3. The van der Waals surface area contributed by atoms with Crippen molar-refractivity contribution >= 4 is 68.2 Å². The summed E-state index contributed by atoms with van der Waals surface area (Å²) in [5.41, 5.74) is 15.9. The van der Waals surface area contributed by atoms with Gasteiger partial charge in [-0.3, -0.25) is 0 Å². The molecule has 350 valence electrons. The van der Waals surface area contributed by atoms with Gasteiger partial charge in [0.1, 0.15) is 0 Å². The fraction of sp³-hybridized carbons (Fsp3) is 0.182. The molecule has 9 aromatic carbocycles. The van der Waals surface area contributed by atoms with Crippen molar-refractivity contribution in [3.8, 4) is 0 Å². The summed E-state index contributed by atoms with van der Waals surface area (Å²) in [6, 6.07) is 86.2. The first-order chi connectivity index (χ1) is 33.7. The summed E-state index contributed by atoms with van der Waals surface area (Å²) in [5, 5.41) is 0. The minimum absolute atomic E-state index is 0.148. The molecule has 9 rings (SSSR count). The molecule has 0 spiro atoms. The van der Waals surface area contributed by atoms with Gasteiger partial charge in [0.05, 0.1) is 34.1 Å². The van der Waals surface area contributed by atoms with Crippen molar-refractivity contribution in [2.24, 2.45) is 0 Å². The topological polar surface area (TPSA) is 13.0 Å². The van der Waals surface area contributed by atoms with Crippen LogP contribution in [0.5, 0.6) is 0 Å². The molecule has 9 aromatic rings. The Bertz CT molecular complexity index is 2670. The predicted molar refractivity (Wildman–Crippen MR) is 301 cm³/mol. The van der Waals surface area contributed by atoms with Gasteiger partial charge in [0, 0.05) is 34.1 Å². The van der Waals surface area contributed by atoms with E-state index in [-0.39, 0.29) is 16.2 Å². The van der Waals surface area contributed by atoms with Gasteiger partial charge in [0.25, 0.3) is 0 Å². The van der Waals surface area contributed by atoms with Gasteiger partial charge in [0.2, 0.25) is 0 Å². The van der Waals surface area contributed by atoms with Crippen molar-refractivity contribution in [3.63, 3.8) is 0 Å². The molecule has 0 fully saturated rings. The standard InChI is InChI=1S/C66H66N4/c1-64(2,3)49-40-43-58(61(46-49)67(52-28-16-10-17-29-52)53-30-18-11-19-31-53)70(59-44-41-50(65(4,5)6)47-62(59)68(54-32-20-12-21-33-54)55-34-22-13-23-35-55)60-45-42-51(66(7,8)9)48-63(60)69(56-36-24-14-25-37-56)57-38-26-15-27-39-57/h10-48H,1-9H3. The van der Waals surface area contributed by atoms with Crippen LogP contribution in [0.25, 0.3) is 0 Å². The van der Waals surface area contributed by atoms with E-state index >= 15 is 0 Å². The van der Waals surface area contributed by atoms with Crippen molar-refractivity contribution < 1.29 is 0 Å². The second kappa shape index (κ2) is 19.7. The van der Waals surface area contributed by atoms with Gasteiger partial charge in [0.15, 0.2) is 0 Å². The van der Waals surface area contributed by atoms with Crippen molar-refractivity contribution in [3.05, 3.63) is 253 Å². The summed E-state index contributed by atoms with van der Waals surface area (Å²) < 4.78 is 0. The summed E-state index contributed by atoms with van der Waals surface area (Å²) >= 11 is 0. The van der Waals surface area contributed by atoms with Crippen LogP contribution in [0.4, 0.5) is 68.2 Å². The van der Waals surface area contributed by atoms with Crippen LogP contribution in [0.3, 0.4) is 0 Å². The molecule has 70 heavy (non-hydrogen) atoms. The fourth-order valence-corrected chi connectivity index (χ4v) is 9.21. The number of para-hydroxylation sites is 6. The third-order valence-electron chi connectivity index (χ3n) is 13.1. The lowest BCUT2D eigenvalue weighted by molar-refractivity contribution is 0.590. The van der Waals surface area contributed by atoms with E-state index in [1.807, 2.05) is 0 Å². The first-order valence-corrected chi connectivity index (χ1v) is 24.6. The van der Waals surface area contributed by atoms with E-state index in [9.17, 15) is 0 Å². The Hall–Kier alpha value is -7.82. The van der Waals surface area contributed by atoms with Crippen molar-refractivity contribution in [1.29, 1.82) is 0 Å². The van der Waals surface area contributed by atoms with Crippen molar-refractivity contribution in [1.82, 2.24) is 0 Å².